The van der Waals surface area contributed by atoms with Gasteiger partial charge in [-0.1, -0.05) is 17.7 Å². The Morgan fingerprint density at radius 3 is 2.57 bits per heavy atom. The van der Waals surface area contributed by atoms with Crippen molar-refractivity contribution in [1.29, 1.82) is 0 Å². The normalized spacial score (nSPS) is 22.0. The Hall–Kier alpha value is -2.95. The third kappa shape index (κ3) is 5.19. The highest BCUT2D eigenvalue weighted by atomic mass is 35.5. The first-order valence-electron chi connectivity index (χ1n) is 11.3. The van der Waals surface area contributed by atoms with Crippen molar-refractivity contribution in [3.05, 3.63) is 53.0 Å². The Kier molecular flexibility index (Phi) is 6.29. The van der Waals surface area contributed by atoms with Gasteiger partial charge in [0.2, 0.25) is 0 Å². The van der Waals surface area contributed by atoms with Crippen LogP contribution in [0.4, 0.5) is 23.4 Å². The van der Waals surface area contributed by atoms with Crippen molar-refractivity contribution in [3.8, 4) is 11.8 Å². The fourth-order valence-electron chi connectivity index (χ4n) is 5.15. The maximum Gasteiger partial charge on any atom is 0.408 e. The van der Waals surface area contributed by atoms with Gasteiger partial charge in [-0.25, -0.2) is 19.0 Å². The summed E-state index contributed by atoms with van der Waals surface area (Å²) in [6, 6.07) is 5.58. The molecule has 0 N–H and O–H groups in total. The highest BCUT2D eigenvalue weighted by molar-refractivity contribution is 6.30. The molecule has 5 rings (SSSR count). The lowest BCUT2D eigenvalue weighted by molar-refractivity contribution is -0.143. The fourth-order valence-corrected chi connectivity index (χ4v) is 5.31. The number of hydrogen-bond donors (Lipinski definition) is 0. The van der Waals surface area contributed by atoms with E-state index in [1.54, 1.807) is 6.33 Å². The predicted molar refractivity (Wildman–Crippen MR) is 120 cm³/mol. The number of aryl methyl sites for hydroxylation is 1. The summed E-state index contributed by atoms with van der Waals surface area (Å²) in [6.45, 7) is 2.14. The van der Waals surface area contributed by atoms with E-state index in [4.69, 9.17) is 16.3 Å². The van der Waals surface area contributed by atoms with Gasteiger partial charge in [0.25, 0.3) is 0 Å². The minimum absolute atomic E-state index is 0.202. The van der Waals surface area contributed by atoms with Gasteiger partial charge in [-0.2, -0.15) is 23.3 Å². The summed E-state index contributed by atoms with van der Waals surface area (Å²) in [5, 5.41) is 3.89. The number of rotatable bonds is 6. The smallest absolute Gasteiger partial charge is 0.408 e. The maximum absolute atomic E-state index is 14.3. The van der Waals surface area contributed by atoms with Crippen LogP contribution in [-0.4, -0.2) is 44.0 Å². The van der Waals surface area contributed by atoms with Crippen LogP contribution in [0.2, 0.25) is 5.02 Å². The number of hydrogen-bond acceptors (Lipinski definition) is 6. The first-order valence-corrected chi connectivity index (χ1v) is 11.7. The van der Waals surface area contributed by atoms with Crippen LogP contribution in [0.25, 0.3) is 0 Å². The van der Waals surface area contributed by atoms with Crippen molar-refractivity contribution in [3.63, 3.8) is 0 Å². The molecule has 35 heavy (non-hydrogen) atoms. The van der Waals surface area contributed by atoms with Gasteiger partial charge >= 0.3 is 12.2 Å². The zero-order valence-corrected chi connectivity index (χ0v) is 19.6. The van der Waals surface area contributed by atoms with Crippen LogP contribution in [0.15, 0.2) is 30.6 Å². The number of nitrogens with zero attached hydrogens (tertiary/aromatic N) is 6. The van der Waals surface area contributed by atoms with E-state index in [9.17, 15) is 17.6 Å². The standard InChI is InChI=1S/C23H23ClF4N6O/c1-13-7-20(30-12-29-13)33-9-14-5-6-15(10-33)16(14)8-19-31-22(34(32-19)11-23(26,27)28)35-18-4-2-3-17(24)21(18)25/h2-4,7,12,14-16H,5-6,8-11H2,1H3. The minimum atomic E-state index is -4.55. The lowest BCUT2D eigenvalue weighted by atomic mass is 9.82. The third-order valence-electron chi connectivity index (χ3n) is 6.69. The molecule has 2 bridgehead atoms. The summed E-state index contributed by atoms with van der Waals surface area (Å²) < 4.78 is 59.9. The number of benzene rings is 1. The molecule has 7 nitrogen and oxygen atoms in total. The summed E-state index contributed by atoms with van der Waals surface area (Å²) in [5.41, 5.74) is 0.896. The number of piperidine rings is 1. The molecule has 186 valence electrons. The summed E-state index contributed by atoms with van der Waals surface area (Å²) in [4.78, 5) is 15.0. The molecular weight excluding hydrogens is 488 g/mol. The molecule has 2 atom stereocenters. The van der Waals surface area contributed by atoms with Crippen molar-refractivity contribution in [1.82, 2.24) is 24.7 Å². The molecule has 3 heterocycles. The van der Waals surface area contributed by atoms with Gasteiger partial charge in [0.05, 0.1) is 5.02 Å². The quantitative estimate of drug-likeness (QED) is 0.423. The van der Waals surface area contributed by atoms with E-state index in [0.717, 1.165) is 37.4 Å². The highest BCUT2D eigenvalue weighted by Gasteiger charge is 2.43. The summed E-state index contributed by atoms with van der Waals surface area (Å²) in [5.74, 6) is 0.865. The Labute approximate surface area is 204 Å². The molecule has 12 heteroatoms. The molecule has 1 aliphatic carbocycles. The molecule has 1 saturated heterocycles. The molecule has 2 aliphatic rings. The molecule has 2 unspecified atom stereocenters. The Bertz CT molecular complexity index is 1200. The molecule has 0 amide bonds. The van der Waals surface area contributed by atoms with Crippen LogP contribution >= 0.6 is 11.6 Å². The van der Waals surface area contributed by atoms with Crippen molar-refractivity contribution in [2.24, 2.45) is 17.8 Å². The lowest BCUT2D eigenvalue weighted by Crippen LogP contribution is -2.43. The van der Waals surface area contributed by atoms with Crippen LogP contribution in [0, 0.1) is 30.5 Å². The average molecular weight is 511 g/mol. The summed E-state index contributed by atoms with van der Waals surface area (Å²) >= 11 is 5.77. The molecule has 0 radical (unpaired) electrons. The monoisotopic (exact) mass is 510 g/mol. The van der Waals surface area contributed by atoms with E-state index in [1.807, 2.05) is 13.0 Å². The van der Waals surface area contributed by atoms with Gasteiger partial charge in [0.15, 0.2) is 17.4 Å². The first kappa shape index (κ1) is 23.8. The minimum Gasteiger partial charge on any atom is -0.421 e. The second kappa shape index (κ2) is 9.25. The van der Waals surface area contributed by atoms with Gasteiger partial charge in [-0.3, -0.25) is 0 Å². The molecular formula is C23H23ClF4N6O. The molecule has 1 aliphatic heterocycles. The Morgan fingerprint density at radius 1 is 1.14 bits per heavy atom. The van der Waals surface area contributed by atoms with Crippen LogP contribution in [0.1, 0.15) is 24.4 Å². The van der Waals surface area contributed by atoms with Crippen molar-refractivity contribution < 1.29 is 22.3 Å². The molecule has 2 aromatic heterocycles. The SMILES string of the molecule is Cc1cc(N2CC3CCC(C2)C3Cc2nc(Oc3cccc(Cl)c3F)n(CC(F)(F)F)n2)ncn1. The van der Waals surface area contributed by atoms with E-state index in [0.29, 0.717) is 22.9 Å². The number of halogens is 5. The molecule has 1 saturated carbocycles. The van der Waals surface area contributed by atoms with Gasteiger partial charge < -0.3 is 9.64 Å². The van der Waals surface area contributed by atoms with Crippen LogP contribution < -0.4 is 9.64 Å². The van der Waals surface area contributed by atoms with E-state index >= 15 is 0 Å². The Balaban J connectivity index is 1.36. The van der Waals surface area contributed by atoms with Crippen LogP contribution in [-0.2, 0) is 13.0 Å². The van der Waals surface area contributed by atoms with E-state index in [-0.39, 0.29) is 22.5 Å². The number of fused-ring (bicyclic) bond motifs is 2. The van der Waals surface area contributed by atoms with Gasteiger partial charge in [0, 0.05) is 31.3 Å². The fraction of sp³-hybridized carbons (Fsp3) is 0.478. The van der Waals surface area contributed by atoms with Crippen molar-refractivity contribution in [2.75, 3.05) is 18.0 Å². The highest BCUT2D eigenvalue weighted by Crippen LogP contribution is 2.44. The zero-order chi connectivity index (χ0) is 24.7. The second-order valence-electron chi connectivity index (χ2n) is 9.13. The van der Waals surface area contributed by atoms with Crippen molar-refractivity contribution >= 4 is 17.4 Å². The van der Waals surface area contributed by atoms with Gasteiger partial charge in [0.1, 0.15) is 18.7 Å². The lowest BCUT2D eigenvalue weighted by Gasteiger charge is -2.38. The molecule has 2 fully saturated rings. The van der Waals surface area contributed by atoms with E-state index in [1.165, 1.54) is 18.2 Å². The summed E-state index contributed by atoms with van der Waals surface area (Å²) in [6.07, 6.45) is -0.520. The number of aromatic nitrogens is 5. The maximum atomic E-state index is 14.3. The van der Waals surface area contributed by atoms with Crippen LogP contribution in [0.5, 0.6) is 11.8 Å². The van der Waals surface area contributed by atoms with E-state index < -0.39 is 24.5 Å². The molecule has 0 spiro atoms. The van der Waals surface area contributed by atoms with E-state index in [2.05, 4.69) is 25.0 Å². The Morgan fingerprint density at radius 2 is 1.89 bits per heavy atom. The number of anilines is 1. The van der Waals surface area contributed by atoms with Crippen LogP contribution in [0.3, 0.4) is 0 Å². The summed E-state index contributed by atoms with van der Waals surface area (Å²) in [7, 11) is 0. The van der Waals surface area contributed by atoms with Gasteiger partial charge in [-0.05, 0) is 49.7 Å². The number of alkyl halides is 3. The molecule has 1 aromatic carbocycles. The average Bonchev–Trinajstić information content (AvgIpc) is 3.24. The third-order valence-corrected chi connectivity index (χ3v) is 6.98. The topological polar surface area (TPSA) is 69.0 Å². The first-order chi connectivity index (χ1) is 16.7. The second-order valence-corrected chi connectivity index (χ2v) is 9.53. The van der Waals surface area contributed by atoms with Crippen molar-refractivity contribution in [2.45, 2.75) is 38.9 Å². The molecule has 3 aromatic rings. The zero-order valence-electron chi connectivity index (χ0n) is 18.8. The largest absolute Gasteiger partial charge is 0.421 e. The van der Waals surface area contributed by atoms with Gasteiger partial charge in [-0.15, -0.1) is 0 Å². The predicted octanol–water partition coefficient (Wildman–Crippen LogP) is 5.23. The number of ether oxygens (including phenoxy) is 1.